The van der Waals surface area contributed by atoms with E-state index in [1.165, 1.54) is 0 Å². The first-order valence-electron chi connectivity index (χ1n) is 8.08. The SMILES string of the molecule is CC(C)NC(=O)NCc1ccc(C(=O)NNC(=S)NC(C)(C)C)cc1. The number of carbonyl (C=O) groups is 2. The van der Waals surface area contributed by atoms with E-state index >= 15 is 0 Å². The summed E-state index contributed by atoms with van der Waals surface area (Å²) in [5.41, 5.74) is 6.40. The zero-order valence-corrected chi connectivity index (χ0v) is 16.1. The number of urea groups is 1. The molecule has 0 aromatic heterocycles. The number of amides is 3. The van der Waals surface area contributed by atoms with Gasteiger partial charge in [-0.3, -0.25) is 15.6 Å². The molecule has 0 spiro atoms. The van der Waals surface area contributed by atoms with Crippen molar-refractivity contribution in [2.45, 2.75) is 52.7 Å². The number of rotatable bonds is 4. The Bertz CT molecular complexity index is 608. The van der Waals surface area contributed by atoms with E-state index in [0.717, 1.165) is 5.56 Å². The zero-order valence-electron chi connectivity index (χ0n) is 15.3. The highest BCUT2D eigenvalue weighted by molar-refractivity contribution is 7.80. The first-order chi connectivity index (χ1) is 11.6. The van der Waals surface area contributed by atoms with Gasteiger partial charge in [0.2, 0.25) is 0 Å². The van der Waals surface area contributed by atoms with E-state index in [4.69, 9.17) is 12.2 Å². The van der Waals surface area contributed by atoms with Crippen molar-refractivity contribution in [2.75, 3.05) is 0 Å². The lowest BCUT2D eigenvalue weighted by Crippen LogP contribution is -2.52. The molecule has 0 radical (unpaired) electrons. The van der Waals surface area contributed by atoms with Crippen molar-refractivity contribution in [1.29, 1.82) is 0 Å². The standard InChI is InChI=1S/C17H27N5O2S/c1-11(2)19-15(24)18-10-12-6-8-13(9-7-12)14(23)21-22-16(25)20-17(3,4)5/h6-9,11H,10H2,1-5H3,(H,21,23)(H2,18,19,24)(H2,20,22,25). The largest absolute Gasteiger partial charge is 0.357 e. The molecule has 0 aliphatic carbocycles. The predicted octanol–water partition coefficient (Wildman–Crippen LogP) is 1.80. The summed E-state index contributed by atoms with van der Waals surface area (Å²) in [6, 6.07) is 6.81. The van der Waals surface area contributed by atoms with Crippen LogP contribution in [0.25, 0.3) is 0 Å². The molecule has 7 nitrogen and oxygen atoms in total. The summed E-state index contributed by atoms with van der Waals surface area (Å²) in [5.74, 6) is -0.296. The van der Waals surface area contributed by atoms with Gasteiger partial charge in [-0.05, 0) is 64.5 Å². The minimum absolute atomic E-state index is 0.0809. The van der Waals surface area contributed by atoms with Gasteiger partial charge < -0.3 is 16.0 Å². The van der Waals surface area contributed by atoms with Crippen LogP contribution in [0.5, 0.6) is 0 Å². The Morgan fingerprint density at radius 3 is 2.20 bits per heavy atom. The number of hydrogen-bond acceptors (Lipinski definition) is 3. The fourth-order valence-electron chi connectivity index (χ4n) is 1.83. The number of carbonyl (C=O) groups excluding carboxylic acids is 2. The average molecular weight is 366 g/mol. The smallest absolute Gasteiger partial charge is 0.315 e. The Hall–Kier alpha value is -2.35. The molecule has 0 aliphatic rings. The van der Waals surface area contributed by atoms with Crippen LogP contribution < -0.4 is 26.8 Å². The molecule has 25 heavy (non-hydrogen) atoms. The van der Waals surface area contributed by atoms with E-state index in [2.05, 4.69) is 26.8 Å². The molecular weight excluding hydrogens is 338 g/mol. The van der Waals surface area contributed by atoms with Crippen LogP contribution in [-0.2, 0) is 6.54 Å². The van der Waals surface area contributed by atoms with E-state index < -0.39 is 0 Å². The Morgan fingerprint density at radius 2 is 1.68 bits per heavy atom. The second kappa shape index (κ2) is 9.22. The maximum absolute atomic E-state index is 12.1. The number of nitrogens with one attached hydrogen (secondary N) is 5. The summed E-state index contributed by atoms with van der Waals surface area (Å²) >= 11 is 5.10. The van der Waals surface area contributed by atoms with E-state index in [1.807, 2.05) is 34.6 Å². The lowest BCUT2D eigenvalue weighted by Gasteiger charge is -2.23. The van der Waals surface area contributed by atoms with Crippen LogP contribution in [0.2, 0.25) is 0 Å². The molecule has 138 valence electrons. The van der Waals surface area contributed by atoms with Crippen LogP contribution in [0.15, 0.2) is 24.3 Å². The molecule has 0 atom stereocenters. The predicted molar refractivity (Wildman–Crippen MR) is 103 cm³/mol. The van der Waals surface area contributed by atoms with Crippen molar-refractivity contribution in [3.63, 3.8) is 0 Å². The molecule has 1 aromatic rings. The molecule has 0 bridgehead atoms. The van der Waals surface area contributed by atoms with E-state index in [9.17, 15) is 9.59 Å². The van der Waals surface area contributed by atoms with Crippen molar-refractivity contribution < 1.29 is 9.59 Å². The molecule has 8 heteroatoms. The maximum Gasteiger partial charge on any atom is 0.315 e. The van der Waals surface area contributed by atoms with Gasteiger partial charge in [0.05, 0.1) is 0 Å². The van der Waals surface area contributed by atoms with Crippen LogP contribution >= 0.6 is 12.2 Å². The Kier molecular flexibility index (Phi) is 7.63. The van der Waals surface area contributed by atoms with Gasteiger partial charge in [-0.1, -0.05) is 12.1 Å². The first kappa shape index (κ1) is 20.7. The van der Waals surface area contributed by atoms with Gasteiger partial charge in [0, 0.05) is 23.7 Å². The van der Waals surface area contributed by atoms with Gasteiger partial charge in [0.1, 0.15) is 0 Å². The highest BCUT2D eigenvalue weighted by atomic mass is 32.1. The van der Waals surface area contributed by atoms with Crippen molar-refractivity contribution in [3.8, 4) is 0 Å². The second-order valence-corrected chi connectivity index (χ2v) is 7.37. The fraction of sp³-hybridized carbons (Fsp3) is 0.471. The molecule has 3 amide bonds. The van der Waals surface area contributed by atoms with E-state index in [1.54, 1.807) is 24.3 Å². The van der Waals surface area contributed by atoms with Crippen molar-refractivity contribution in [3.05, 3.63) is 35.4 Å². The number of benzene rings is 1. The molecule has 0 fully saturated rings. The monoisotopic (exact) mass is 365 g/mol. The van der Waals surface area contributed by atoms with Crippen LogP contribution in [0.1, 0.15) is 50.5 Å². The highest BCUT2D eigenvalue weighted by Gasteiger charge is 2.12. The average Bonchev–Trinajstić information content (AvgIpc) is 2.49. The minimum atomic E-state index is -0.296. The first-order valence-corrected chi connectivity index (χ1v) is 8.49. The molecule has 0 heterocycles. The van der Waals surface area contributed by atoms with Crippen molar-refractivity contribution in [2.24, 2.45) is 0 Å². The number of hydrogen-bond donors (Lipinski definition) is 5. The third-order valence-corrected chi connectivity index (χ3v) is 3.07. The van der Waals surface area contributed by atoms with Crippen LogP contribution in [0, 0.1) is 0 Å². The molecule has 1 aromatic carbocycles. The van der Waals surface area contributed by atoms with Crippen molar-refractivity contribution >= 4 is 29.3 Å². The maximum atomic E-state index is 12.1. The Morgan fingerprint density at radius 1 is 1.08 bits per heavy atom. The van der Waals surface area contributed by atoms with Gasteiger partial charge in [0.25, 0.3) is 5.91 Å². The topological polar surface area (TPSA) is 94.3 Å². The lowest BCUT2D eigenvalue weighted by molar-refractivity contribution is 0.0943. The van der Waals surface area contributed by atoms with Gasteiger partial charge in [0.15, 0.2) is 5.11 Å². The molecule has 0 unspecified atom stereocenters. The molecular formula is C17H27N5O2S. The number of hydrazine groups is 1. The van der Waals surface area contributed by atoms with Crippen LogP contribution in [0.4, 0.5) is 4.79 Å². The third kappa shape index (κ3) is 8.90. The third-order valence-electron chi connectivity index (χ3n) is 2.87. The quantitative estimate of drug-likeness (QED) is 0.414. The normalized spacial score (nSPS) is 10.8. The Balaban J connectivity index is 2.46. The fourth-order valence-corrected chi connectivity index (χ4v) is 2.18. The van der Waals surface area contributed by atoms with Crippen LogP contribution in [-0.4, -0.2) is 28.6 Å². The van der Waals surface area contributed by atoms with E-state index in [0.29, 0.717) is 17.2 Å². The summed E-state index contributed by atoms with van der Waals surface area (Å²) in [4.78, 5) is 23.6. The molecule has 1 rings (SSSR count). The summed E-state index contributed by atoms with van der Waals surface area (Å²) < 4.78 is 0. The second-order valence-electron chi connectivity index (χ2n) is 6.96. The van der Waals surface area contributed by atoms with Crippen molar-refractivity contribution in [1.82, 2.24) is 26.8 Å². The summed E-state index contributed by atoms with van der Waals surface area (Å²) in [5, 5.41) is 8.88. The van der Waals surface area contributed by atoms with Gasteiger partial charge in [-0.25, -0.2) is 4.79 Å². The lowest BCUT2D eigenvalue weighted by atomic mass is 10.1. The minimum Gasteiger partial charge on any atom is -0.357 e. The molecule has 0 aliphatic heterocycles. The van der Waals surface area contributed by atoms with Crippen LogP contribution in [0.3, 0.4) is 0 Å². The highest BCUT2D eigenvalue weighted by Crippen LogP contribution is 2.04. The Labute approximate surface area is 154 Å². The molecule has 5 N–H and O–H groups in total. The number of thiocarbonyl (C=S) groups is 1. The summed E-state index contributed by atoms with van der Waals surface area (Å²) in [7, 11) is 0. The van der Waals surface area contributed by atoms with Gasteiger partial charge in [-0.2, -0.15) is 0 Å². The summed E-state index contributed by atoms with van der Waals surface area (Å²) in [6.45, 7) is 10.1. The zero-order chi connectivity index (χ0) is 19.0. The molecule has 0 saturated carbocycles. The van der Waals surface area contributed by atoms with Gasteiger partial charge >= 0.3 is 6.03 Å². The van der Waals surface area contributed by atoms with E-state index in [-0.39, 0.29) is 23.5 Å². The molecule has 0 saturated heterocycles. The van der Waals surface area contributed by atoms with Gasteiger partial charge in [-0.15, -0.1) is 0 Å². The summed E-state index contributed by atoms with van der Waals surface area (Å²) in [6.07, 6.45) is 0.